The maximum absolute atomic E-state index is 12.6. The highest BCUT2D eigenvalue weighted by molar-refractivity contribution is 5.89. The Balaban J connectivity index is 1.31. The van der Waals surface area contributed by atoms with E-state index in [9.17, 15) is 4.79 Å². The van der Waals surface area contributed by atoms with Crippen LogP contribution in [0.1, 0.15) is 24.0 Å². The van der Waals surface area contributed by atoms with Crippen LogP contribution in [0.5, 0.6) is 0 Å². The average molecular weight is 379 g/mol. The number of urea groups is 1. The normalized spacial score (nSPS) is 17.1. The Labute approximate surface area is 167 Å². The fourth-order valence-electron chi connectivity index (χ4n) is 4.23. The molecular formula is C23H30N4O. The van der Waals surface area contributed by atoms with E-state index in [2.05, 4.69) is 59.3 Å². The number of piperazine rings is 1. The Morgan fingerprint density at radius 2 is 1.32 bits per heavy atom. The van der Waals surface area contributed by atoms with Crippen molar-refractivity contribution < 1.29 is 4.79 Å². The van der Waals surface area contributed by atoms with Crippen LogP contribution in [0, 0.1) is 13.8 Å². The van der Waals surface area contributed by atoms with E-state index in [1.165, 1.54) is 35.3 Å². The Kier molecular flexibility index (Phi) is 5.42. The number of anilines is 3. The Hall–Kier alpha value is -2.69. The zero-order valence-corrected chi connectivity index (χ0v) is 16.9. The van der Waals surface area contributed by atoms with Crippen LogP contribution in [0.4, 0.5) is 21.9 Å². The van der Waals surface area contributed by atoms with Crippen molar-refractivity contribution in [2.75, 3.05) is 54.4 Å². The molecule has 2 saturated heterocycles. The van der Waals surface area contributed by atoms with Gasteiger partial charge in [-0.25, -0.2) is 4.79 Å². The van der Waals surface area contributed by atoms with Crippen molar-refractivity contribution in [3.05, 3.63) is 53.6 Å². The molecule has 0 radical (unpaired) electrons. The topological polar surface area (TPSA) is 38.8 Å². The zero-order valence-electron chi connectivity index (χ0n) is 16.9. The number of nitrogens with one attached hydrogen (secondary N) is 1. The van der Waals surface area contributed by atoms with Gasteiger partial charge in [0.05, 0.1) is 0 Å². The molecule has 28 heavy (non-hydrogen) atoms. The highest BCUT2D eigenvalue weighted by Crippen LogP contribution is 2.23. The summed E-state index contributed by atoms with van der Waals surface area (Å²) in [4.78, 5) is 19.3. The molecule has 4 rings (SSSR count). The van der Waals surface area contributed by atoms with Crippen LogP contribution >= 0.6 is 0 Å². The molecule has 5 heteroatoms. The second-order valence-corrected chi connectivity index (χ2v) is 7.99. The predicted molar refractivity (Wildman–Crippen MR) is 117 cm³/mol. The van der Waals surface area contributed by atoms with E-state index in [0.29, 0.717) is 0 Å². The lowest BCUT2D eigenvalue weighted by Crippen LogP contribution is -2.50. The predicted octanol–water partition coefficient (Wildman–Crippen LogP) is 4.26. The molecule has 2 aromatic carbocycles. The van der Waals surface area contributed by atoms with Crippen LogP contribution < -0.4 is 15.1 Å². The van der Waals surface area contributed by atoms with Crippen LogP contribution in [0.2, 0.25) is 0 Å². The third-order valence-electron chi connectivity index (χ3n) is 5.73. The maximum atomic E-state index is 12.6. The van der Waals surface area contributed by atoms with Crippen LogP contribution in [0.25, 0.3) is 0 Å². The largest absolute Gasteiger partial charge is 0.372 e. The van der Waals surface area contributed by atoms with E-state index in [0.717, 1.165) is 45.0 Å². The van der Waals surface area contributed by atoms with Crippen molar-refractivity contribution in [2.45, 2.75) is 26.7 Å². The minimum atomic E-state index is -0.00556. The minimum absolute atomic E-state index is 0.00556. The molecule has 2 aliphatic rings. The summed E-state index contributed by atoms with van der Waals surface area (Å²) in [6, 6.07) is 14.9. The van der Waals surface area contributed by atoms with Gasteiger partial charge in [0.2, 0.25) is 0 Å². The third-order valence-corrected chi connectivity index (χ3v) is 5.73. The van der Waals surface area contributed by atoms with E-state index >= 15 is 0 Å². The SMILES string of the molecule is Cc1cc(C)cc(N2CCN(C(=O)Nc3ccc(N4CCCC4)cc3)CC2)c1. The van der Waals surface area contributed by atoms with E-state index in [1.807, 2.05) is 17.0 Å². The van der Waals surface area contributed by atoms with Gasteiger partial charge in [-0.2, -0.15) is 0 Å². The van der Waals surface area contributed by atoms with Crippen molar-refractivity contribution in [1.82, 2.24) is 4.90 Å². The molecule has 0 atom stereocenters. The summed E-state index contributed by atoms with van der Waals surface area (Å²) in [7, 11) is 0. The molecular weight excluding hydrogens is 348 g/mol. The molecule has 2 aliphatic heterocycles. The minimum Gasteiger partial charge on any atom is -0.372 e. The number of nitrogens with zero attached hydrogens (tertiary/aromatic N) is 3. The molecule has 0 aliphatic carbocycles. The summed E-state index contributed by atoms with van der Waals surface area (Å²) >= 11 is 0. The van der Waals surface area contributed by atoms with Gasteiger partial charge in [-0.05, 0) is 74.2 Å². The smallest absolute Gasteiger partial charge is 0.321 e. The molecule has 2 amide bonds. The summed E-state index contributed by atoms with van der Waals surface area (Å²) in [5, 5.41) is 3.05. The maximum Gasteiger partial charge on any atom is 0.321 e. The van der Waals surface area contributed by atoms with Crippen molar-refractivity contribution in [3.63, 3.8) is 0 Å². The molecule has 0 spiro atoms. The van der Waals surface area contributed by atoms with E-state index in [-0.39, 0.29) is 6.03 Å². The Bertz CT molecular complexity index is 799. The second kappa shape index (κ2) is 8.13. The lowest BCUT2D eigenvalue weighted by Gasteiger charge is -2.36. The summed E-state index contributed by atoms with van der Waals surface area (Å²) in [5.74, 6) is 0. The number of carbonyl (C=O) groups is 1. The van der Waals surface area contributed by atoms with Gasteiger partial charge in [0.1, 0.15) is 0 Å². The fraction of sp³-hybridized carbons (Fsp3) is 0.435. The summed E-state index contributed by atoms with van der Waals surface area (Å²) in [6.45, 7) is 9.75. The van der Waals surface area contributed by atoms with E-state index in [4.69, 9.17) is 0 Å². The number of hydrogen-bond acceptors (Lipinski definition) is 3. The van der Waals surface area contributed by atoms with Gasteiger partial charge in [0.15, 0.2) is 0 Å². The highest BCUT2D eigenvalue weighted by Gasteiger charge is 2.21. The Morgan fingerprint density at radius 1 is 0.750 bits per heavy atom. The molecule has 0 aromatic heterocycles. The molecule has 1 N–H and O–H groups in total. The van der Waals surface area contributed by atoms with Crippen LogP contribution in [0.15, 0.2) is 42.5 Å². The molecule has 0 unspecified atom stereocenters. The number of benzene rings is 2. The van der Waals surface area contributed by atoms with Gasteiger partial charge in [0.25, 0.3) is 0 Å². The lowest BCUT2D eigenvalue weighted by atomic mass is 10.1. The van der Waals surface area contributed by atoms with Gasteiger partial charge in [-0.1, -0.05) is 6.07 Å². The van der Waals surface area contributed by atoms with Crippen LogP contribution in [0.3, 0.4) is 0 Å². The van der Waals surface area contributed by atoms with Gasteiger partial charge in [-0.15, -0.1) is 0 Å². The van der Waals surface area contributed by atoms with Crippen molar-refractivity contribution in [2.24, 2.45) is 0 Å². The molecule has 2 aromatic rings. The summed E-state index contributed by atoms with van der Waals surface area (Å²) in [6.07, 6.45) is 2.54. The first-order valence-corrected chi connectivity index (χ1v) is 10.3. The van der Waals surface area contributed by atoms with Gasteiger partial charge >= 0.3 is 6.03 Å². The molecule has 148 valence electrons. The quantitative estimate of drug-likeness (QED) is 0.867. The van der Waals surface area contributed by atoms with Crippen molar-refractivity contribution >= 4 is 23.1 Å². The first kappa shape index (κ1) is 18.7. The first-order valence-electron chi connectivity index (χ1n) is 10.3. The van der Waals surface area contributed by atoms with Crippen LogP contribution in [-0.4, -0.2) is 50.2 Å². The second-order valence-electron chi connectivity index (χ2n) is 7.99. The monoisotopic (exact) mass is 378 g/mol. The zero-order chi connectivity index (χ0) is 19.5. The summed E-state index contributed by atoms with van der Waals surface area (Å²) in [5.41, 5.74) is 5.94. The molecule has 0 saturated carbocycles. The van der Waals surface area contributed by atoms with Gasteiger partial charge in [-0.3, -0.25) is 0 Å². The number of rotatable bonds is 3. The highest BCUT2D eigenvalue weighted by atomic mass is 16.2. The standard InChI is InChI=1S/C23H30N4O/c1-18-15-19(2)17-22(16-18)26-11-13-27(14-12-26)23(28)24-20-5-7-21(8-6-20)25-9-3-4-10-25/h5-8,15-17H,3-4,9-14H2,1-2H3,(H,24,28). The van der Waals surface area contributed by atoms with Crippen molar-refractivity contribution in [3.8, 4) is 0 Å². The average Bonchev–Trinajstić information content (AvgIpc) is 3.23. The lowest BCUT2D eigenvalue weighted by molar-refractivity contribution is 0.208. The van der Waals surface area contributed by atoms with E-state index in [1.54, 1.807) is 0 Å². The number of hydrogen-bond donors (Lipinski definition) is 1. The third kappa shape index (κ3) is 4.24. The molecule has 5 nitrogen and oxygen atoms in total. The molecule has 2 fully saturated rings. The number of amides is 2. The van der Waals surface area contributed by atoms with E-state index < -0.39 is 0 Å². The number of aryl methyl sites for hydroxylation is 2. The summed E-state index contributed by atoms with van der Waals surface area (Å²) < 4.78 is 0. The molecule has 2 heterocycles. The first-order chi connectivity index (χ1) is 13.6. The van der Waals surface area contributed by atoms with Gasteiger partial charge < -0.3 is 20.0 Å². The Morgan fingerprint density at radius 3 is 1.93 bits per heavy atom. The van der Waals surface area contributed by atoms with Crippen LogP contribution in [-0.2, 0) is 0 Å². The fourth-order valence-corrected chi connectivity index (χ4v) is 4.23. The molecule has 0 bridgehead atoms. The number of carbonyl (C=O) groups excluding carboxylic acids is 1. The van der Waals surface area contributed by atoms with Crippen molar-refractivity contribution in [1.29, 1.82) is 0 Å². The van der Waals surface area contributed by atoms with Gasteiger partial charge in [0, 0.05) is 56.3 Å².